The van der Waals surface area contributed by atoms with E-state index in [-0.39, 0.29) is 0 Å². The lowest BCUT2D eigenvalue weighted by molar-refractivity contribution is 0.147. The van der Waals surface area contributed by atoms with Crippen molar-refractivity contribution in [2.24, 2.45) is 0 Å². The zero-order valence-corrected chi connectivity index (χ0v) is 11.4. The third kappa shape index (κ3) is 2.42. The first-order valence-electron chi connectivity index (χ1n) is 6.80. The number of rotatable bonds is 6. The van der Waals surface area contributed by atoms with Crippen LogP contribution < -0.4 is 5.32 Å². The summed E-state index contributed by atoms with van der Waals surface area (Å²) in [5.74, 6) is 0.851. The van der Waals surface area contributed by atoms with E-state index in [4.69, 9.17) is 4.74 Å². The minimum absolute atomic E-state index is 0.758. The van der Waals surface area contributed by atoms with Crippen LogP contribution in [0.4, 0.5) is 5.82 Å². The Morgan fingerprint density at radius 3 is 2.95 bits per heavy atom. The van der Waals surface area contributed by atoms with Crippen molar-refractivity contribution in [3.63, 3.8) is 0 Å². The van der Waals surface area contributed by atoms with Crippen LogP contribution in [0, 0.1) is 0 Å². The molecule has 0 aliphatic carbocycles. The number of nitrogens with one attached hydrogen (secondary N) is 1. The Hall–Kier alpha value is -2.21. The molecule has 0 spiro atoms. The molecular weight excluding hydrogens is 254 g/mol. The molecule has 6 nitrogen and oxygen atoms in total. The highest BCUT2D eigenvalue weighted by Gasteiger charge is 2.08. The molecule has 0 saturated carbocycles. The van der Waals surface area contributed by atoms with Crippen LogP contribution in [0.1, 0.15) is 13.3 Å². The number of hydrogen-bond acceptors (Lipinski definition) is 5. The van der Waals surface area contributed by atoms with Gasteiger partial charge in [-0.3, -0.25) is 0 Å². The van der Waals surface area contributed by atoms with Crippen molar-refractivity contribution in [1.82, 2.24) is 19.8 Å². The van der Waals surface area contributed by atoms with Gasteiger partial charge in [0.05, 0.1) is 0 Å². The molecule has 0 aliphatic rings. The maximum absolute atomic E-state index is 5.33. The van der Waals surface area contributed by atoms with Crippen LogP contribution in [-0.4, -0.2) is 39.6 Å². The third-order valence-electron chi connectivity index (χ3n) is 3.12. The molecule has 0 saturated heterocycles. The van der Waals surface area contributed by atoms with Crippen LogP contribution in [0.25, 0.3) is 16.4 Å². The second-order valence-electron chi connectivity index (χ2n) is 4.47. The van der Waals surface area contributed by atoms with Gasteiger partial charge in [-0.05, 0) is 13.3 Å². The molecule has 6 heteroatoms. The minimum atomic E-state index is 0.758. The SMILES string of the molecule is CCOCCCNc1nn2cnnc2c2ccccc12. The Labute approximate surface area is 116 Å². The second kappa shape index (κ2) is 5.83. The van der Waals surface area contributed by atoms with Crippen LogP contribution in [0.2, 0.25) is 0 Å². The monoisotopic (exact) mass is 271 g/mol. The van der Waals surface area contributed by atoms with Gasteiger partial charge in [0.2, 0.25) is 0 Å². The third-order valence-corrected chi connectivity index (χ3v) is 3.12. The number of benzene rings is 1. The maximum Gasteiger partial charge on any atom is 0.185 e. The highest BCUT2D eigenvalue weighted by molar-refractivity contribution is 5.99. The molecule has 0 amide bonds. The molecule has 0 fully saturated rings. The van der Waals surface area contributed by atoms with Gasteiger partial charge in [0, 0.05) is 30.5 Å². The molecule has 1 aromatic carbocycles. The molecule has 20 heavy (non-hydrogen) atoms. The molecular formula is C14H17N5O. The fourth-order valence-electron chi connectivity index (χ4n) is 2.18. The average molecular weight is 271 g/mol. The number of nitrogens with zero attached hydrogens (tertiary/aromatic N) is 4. The van der Waals surface area contributed by atoms with E-state index in [1.165, 1.54) is 0 Å². The van der Waals surface area contributed by atoms with Gasteiger partial charge in [0.15, 0.2) is 11.5 Å². The lowest BCUT2D eigenvalue weighted by Gasteiger charge is -2.09. The van der Waals surface area contributed by atoms with Crippen molar-refractivity contribution in [1.29, 1.82) is 0 Å². The number of ether oxygens (including phenoxy) is 1. The summed E-state index contributed by atoms with van der Waals surface area (Å²) in [7, 11) is 0. The Balaban J connectivity index is 1.88. The first-order valence-corrected chi connectivity index (χ1v) is 6.80. The van der Waals surface area contributed by atoms with E-state index in [1.54, 1.807) is 10.8 Å². The van der Waals surface area contributed by atoms with Gasteiger partial charge >= 0.3 is 0 Å². The summed E-state index contributed by atoms with van der Waals surface area (Å²) in [5, 5.41) is 18.0. The Morgan fingerprint density at radius 1 is 1.25 bits per heavy atom. The highest BCUT2D eigenvalue weighted by Crippen LogP contribution is 2.23. The Bertz CT molecular complexity index is 709. The molecule has 0 radical (unpaired) electrons. The van der Waals surface area contributed by atoms with Crippen molar-refractivity contribution >= 4 is 22.2 Å². The van der Waals surface area contributed by atoms with Crippen LogP contribution in [-0.2, 0) is 4.74 Å². The standard InChI is InChI=1S/C14H17N5O/c1-2-20-9-5-8-15-13-11-6-3-4-7-12(11)14-17-16-10-19(14)18-13/h3-4,6-7,10H,2,5,8-9H2,1H3,(H,15,18). The molecule has 1 N–H and O–H groups in total. The first kappa shape index (κ1) is 12.8. The number of aromatic nitrogens is 4. The van der Waals surface area contributed by atoms with E-state index < -0.39 is 0 Å². The largest absolute Gasteiger partial charge is 0.382 e. The zero-order valence-electron chi connectivity index (χ0n) is 11.4. The van der Waals surface area contributed by atoms with Crippen LogP contribution in [0.5, 0.6) is 0 Å². The van der Waals surface area contributed by atoms with Gasteiger partial charge in [-0.2, -0.15) is 4.52 Å². The quantitative estimate of drug-likeness (QED) is 0.696. The van der Waals surface area contributed by atoms with Crippen LogP contribution >= 0.6 is 0 Å². The van der Waals surface area contributed by atoms with Crippen LogP contribution in [0.3, 0.4) is 0 Å². The predicted octanol–water partition coefficient (Wildman–Crippen LogP) is 2.12. The summed E-state index contributed by atoms with van der Waals surface area (Å²) in [6.07, 6.45) is 2.57. The van der Waals surface area contributed by atoms with E-state index in [9.17, 15) is 0 Å². The molecule has 0 bridgehead atoms. The molecule has 104 valence electrons. The van der Waals surface area contributed by atoms with Gasteiger partial charge in [0.1, 0.15) is 6.33 Å². The predicted molar refractivity (Wildman–Crippen MR) is 77.9 cm³/mol. The summed E-state index contributed by atoms with van der Waals surface area (Å²) >= 11 is 0. The maximum atomic E-state index is 5.33. The van der Waals surface area contributed by atoms with Crippen molar-refractivity contribution < 1.29 is 4.74 Å². The molecule has 0 aliphatic heterocycles. The fraction of sp³-hybridized carbons (Fsp3) is 0.357. The van der Waals surface area contributed by atoms with E-state index in [2.05, 4.69) is 20.6 Å². The number of fused-ring (bicyclic) bond motifs is 3. The minimum Gasteiger partial charge on any atom is -0.382 e. The first-order chi connectivity index (χ1) is 9.90. The lowest BCUT2D eigenvalue weighted by Crippen LogP contribution is -2.09. The van der Waals surface area contributed by atoms with Crippen molar-refractivity contribution in [3.05, 3.63) is 30.6 Å². The van der Waals surface area contributed by atoms with Crippen molar-refractivity contribution in [2.75, 3.05) is 25.1 Å². The molecule has 2 heterocycles. The molecule has 0 atom stereocenters. The van der Waals surface area contributed by atoms with E-state index >= 15 is 0 Å². The summed E-state index contributed by atoms with van der Waals surface area (Å²) < 4.78 is 7.03. The Kier molecular flexibility index (Phi) is 3.73. The fourth-order valence-corrected chi connectivity index (χ4v) is 2.18. The van der Waals surface area contributed by atoms with Gasteiger partial charge in [0.25, 0.3) is 0 Å². The number of hydrogen-bond donors (Lipinski definition) is 1. The van der Waals surface area contributed by atoms with Crippen molar-refractivity contribution in [3.8, 4) is 0 Å². The summed E-state index contributed by atoms with van der Waals surface area (Å²) in [6, 6.07) is 8.08. The van der Waals surface area contributed by atoms with E-state index in [0.717, 1.165) is 48.4 Å². The van der Waals surface area contributed by atoms with E-state index in [1.807, 2.05) is 31.2 Å². The van der Waals surface area contributed by atoms with Crippen molar-refractivity contribution in [2.45, 2.75) is 13.3 Å². The lowest BCUT2D eigenvalue weighted by atomic mass is 10.2. The molecule has 0 unspecified atom stereocenters. The molecule has 3 aromatic rings. The highest BCUT2D eigenvalue weighted by atomic mass is 16.5. The average Bonchev–Trinajstić information content (AvgIpc) is 2.95. The topological polar surface area (TPSA) is 64.3 Å². The normalized spacial score (nSPS) is 11.2. The summed E-state index contributed by atoms with van der Waals surface area (Å²) in [4.78, 5) is 0. The summed E-state index contributed by atoms with van der Waals surface area (Å²) in [5.41, 5.74) is 0.778. The van der Waals surface area contributed by atoms with Gasteiger partial charge in [-0.1, -0.05) is 24.3 Å². The van der Waals surface area contributed by atoms with Gasteiger partial charge in [-0.25, -0.2) is 0 Å². The summed E-state index contributed by atoms with van der Waals surface area (Å²) in [6.45, 7) is 4.34. The molecule has 3 rings (SSSR count). The van der Waals surface area contributed by atoms with Gasteiger partial charge in [-0.15, -0.1) is 15.3 Å². The molecule has 2 aromatic heterocycles. The second-order valence-corrected chi connectivity index (χ2v) is 4.47. The number of anilines is 1. The van der Waals surface area contributed by atoms with Crippen LogP contribution in [0.15, 0.2) is 30.6 Å². The Morgan fingerprint density at radius 2 is 2.10 bits per heavy atom. The van der Waals surface area contributed by atoms with E-state index in [0.29, 0.717) is 0 Å². The van der Waals surface area contributed by atoms with Gasteiger partial charge < -0.3 is 10.1 Å². The smallest absolute Gasteiger partial charge is 0.185 e. The zero-order chi connectivity index (χ0) is 13.8.